The number of hydrogen-bond acceptors (Lipinski definition) is 5. The molecule has 1 atom stereocenters. The highest BCUT2D eigenvalue weighted by Gasteiger charge is 2.29. The van der Waals surface area contributed by atoms with Crippen molar-refractivity contribution in [1.29, 1.82) is 0 Å². The predicted octanol–water partition coefficient (Wildman–Crippen LogP) is 1.23. The van der Waals surface area contributed by atoms with Gasteiger partial charge in [-0.25, -0.2) is 0 Å². The first-order valence-corrected chi connectivity index (χ1v) is 8.89. The molecular weight excluding hydrogens is 328 g/mol. The summed E-state index contributed by atoms with van der Waals surface area (Å²) in [5, 5.41) is 2.45. The Morgan fingerprint density at radius 3 is 2.79 bits per heavy atom. The summed E-state index contributed by atoms with van der Waals surface area (Å²) in [6.45, 7) is 3.13. The molecule has 2 amide bonds. The van der Waals surface area contributed by atoms with Crippen molar-refractivity contribution in [3.63, 3.8) is 0 Å². The first kappa shape index (κ1) is 18.3. The van der Waals surface area contributed by atoms with E-state index in [1.165, 1.54) is 18.9 Å². The van der Waals surface area contributed by atoms with Gasteiger partial charge in [0.2, 0.25) is 5.91 Å². The molecule has 1 N–H and O–H groups in total. The number of amides is 2. The third kappa shape index (κ3) is 4.74. The van der Waals surface area contributed by atoms with Crippen LogP contribution < -0.4 is 5.32 Å². The Balaban J connectivity index is 1.80. The van der Waals surface area contributed by atoms with Crippen LogP contribution in [0.3, 0.4) is 0 Å². The second-order valence-corrected chi connectivity index (χ2v) is 6.85. The molecule has 0 bridgehead atoms. The molecule has 1 aliphatic heterocycles. The topological polar surface area (TPSA) is 75.7 Å². The van der Waals surface area contributed by atoms with E-state index in [4.69, 9.17) is 4.74 Å². The summed E-state index contributed by atoms with van der Waals surface area (Å²) in [5.41, 5.74) is 1.51. The molecular formula is C17H22N2O4S. The highest BCUT2D eigenvalue weighted by atomic mass is 32.2. The number of methoxy groups -OCH3 is 1. The minimum Gasteiger partial charge on any atom is -0.468 e. The molecule has 0 unspecified atom stereocenters. The van der Waals surface area contributed by atoms with Crippen molar-refractivity contribution < 1.29 is 19.1 Å². The summed E-state index contributed by atoms with van der Waals surface area (Å²) < 4.78 is 4.74. The third-order valence-electron chi connectivity index (χ3n) is 3.90. The lowest BCUT2D eigenvalue weighted by Crippen LogP contribution is -2.45. The lowest BCUT2D eigenvalue weighted by atomic mass is 10.1. The fourth-order valence-corrected chi connectivity index (χ4v) is 3.64. The number of rotatable bonds is 5. The monoisotopic (exact) mass is 350 g/mol. The van der Waals surface area contributed by atoms with Gasteiger partial charge in [0.15, 0.2) is 0 Å². The maximum Gasteiger partial charge on any atom is 0.320 e. The number of hydrogen-bond donors (Lipinski definition) is 1. The van der Waals surface area contributed by atoms with Gasteiger partial charge in [-0.05, 0) is 18.6 Å². The van der Waals surface area contributed by atoms with Crippen LogP contribution >= 0.6 is 11.8 Å². The van der Waals surface area contributed by atoms with Crippen LogP contribution in [0.5, 0.6) is 0 Å². The lowest BCUT2D eigenvalue weighted by Gasteiger charge is -2.31. The van der Waals surface area contributed by atoms with Gasteiger partial charge in [0.05, 0.1) is 7.11 Å². The van der Waals surface area contributed by atoms with E-state index in [2.05, 4.69) is 5.32 Å². The summed E-state index contributed by atoms with van der Waals surface area (Å²) in [6, 6.07) is 7.32. The number of esters is 1. The van der Waals surface area contributed by atoms with E-state index in [0.29, 0.717) is 24.4 Å². The summed E-state index contributed by atoms with van der Waals surface area (Å²) >= 11 is 1.51. The number of carbonyl (C=O) groups is 3. The molecule has 24 heavy (non-hydrogen) atoms. The average Bonchev–Trinajstić information content (AvgIpc) is 2.61. The number of aryl methyl sites for hydroxylation is 1. The van der Waals surface area contributed by atoms with E-state index in [9.17, 15) is 14.4 Å². The number of nitrogens with zero attached hydrogens (tertiary/aromatic N) is 1. The molecule has 0 aliphatic carbocycles. The number of thioether (sulfide) groups is 1. The van der Waals surface area contributed by atoms with Crippen molar-refractivity contribution >= 4 is 29.5 Å². The smallest absolute Gasteiger partial charge is 0.320 e. The number of ether oxygens (including phenoxy) is 1. The van der Waals surface area contributed by atoms with Crippen LogP contribution in [0, 0.1) is 6.92 Å². The lowest BCUT2D eigenvalue weighted by molar-refractivity contribution is -0.141. The highest BCUT2D eigenvalue weighted by molar-refractivity contribution is 8.00. The van der Waals surface area contributed by atoms with Gasteiger partial charge < -0.3 is 15.0 Å². The molecule has 1 saturated heterocycles. The zero-order valence-electron chi connectivity index (χ0n) is 13.9. The minimum absolute atomic E-state index is 0.0608. The summed E-state index contributed by atoms with van der Waals surface area (Å²) in [6.07, 6.45) is 0.218. The molecule has 0 spiro atoms. The Morgan fingerprint density at radius 2 is 2.08 bits per heavy atom. The summed E-state index contributed by atoms with van der Waals surface area (Å²) in [4.78, 5) is 37.6. The van der Waals surface area contributed by atoms with Gasteiger partial charge in [-0.3, -0.25) is 14.4 Å². The van der Waals surface area contributed by atoms with E-state index in [0.717, 1.165) is 5.56 Å². The molecule has 1 heterocycles. The minimum atomic E-state index is -0.325. The first-order valence-electron chi connectivity index (χ1n) is 7.84. The molecule has 130 valence electrons. The van der Waals surface area contributed by atoms with Crippen molar-refractivity contribution in [2.75, 3.05) is 32.5 Å². The molecule has 1 aliphatic rings. The normalized spacial score (nSPS) is 17.2. The number of nitrogens with one attached hydrogen (secondary N) is 1. The van der Waals surface area contributed by atoms with Gasteiger partial charge in [0.25, 0.3) is 5.91 Å². The van der Waals surface area contributed by atoms with Gasteiger partial charge in [0, 0.05) is 37.4 Å². The standard InChI is InChI=1S/C17H22N2O4S/c1-12-5-3-4-6-13(12)16(21)18-8-7-15(20)19-9-10-24-14(11-19)17(22)23-2/h3-6,14H,7-11H2,1-2H3,(H,18,21)/t14-/m0/s1. The van der Waals surface area contributed by atoms with E-state index in [1.807, 2.05) is 25.1 Å². The van der Waals surface area contributed by atoms with Crippen molar-refractivity contribution in [2.45, 2.75) is 18.6 Å². The van der Waals surface area contributed by atoms with E-state index < -0.39 is 0 Å². The zero-order valence-corrected chi connectivity index (χ0v) is 14.7. The van der Waals surface area contributed by atoms with E-state index in [1.54, 1.807) is 11.0 Å². The van der Waals surface area contributed by atoms with Crippen LogP contribution in [-0.4, -0.2) is 60.4 Å². The van der Waals surface area contributed by atoms with Gasteiger partial charge in [0.1, 0.15) is 5.25 Å². The van der Waals surface area contributed by atoms with E-state index in [-0.39, 0.29) is 36.0 Å². The van der Waals surface area contributed by atoms with Crippen LogP contribution in [0.2, 0.25) is 0 Å². The molecule has 1 aromatic rings. The molecule has 0 saturated carbocycles. The quantitative estimate of drug-likeness (QED) is 0.809. The van der Waals surface area contributed by atoms with Crippen LogP contribution in [0.4, 0.5) is 0 Å². The van der Waals surface area contributed by atoms with Crippen molar-refractivity contribution in [1.82, 2.24) is 10.2 Å². The fraction of sp³-hybridized carbons (Fsp3) is 0.471. The molecule has 2 rings (SSSR count). The zero-order chi connectivity index (χ0) is 17.5. The maximum absolute atomic E-state index is 12.3. The molecule has 0 aromatic heterocycles. The van der Waals surface area contributed by atoms with Crippen molar-refractivity contribution in [2.24, 2.45) is 0 Å². The second kappa shape index (κ2) is 8.73. The molecule has 0 radical (unpaired) electrons. The summed E-state index contributed by atoms with van der Waals surface area (Å²) in [5.74, 6) is 0.170. The predicted molar refractivity (Wildman–Crippen MR) is 93.0 cm³/mol. The van der Waals surface area contributed by atoms with Crippen LogP contribution in [0.15, 0.2) is 24.3 Å². The largest absolute Gasteiger partial charge is 0.468 e. The third-order valence-corrected chi connectivity index (χ3v) is 5.06. The SMILES string of the molecule is COC(=O)[C@@H]1CN(C(=O)CCNC(=O)c2ccccc2C)CCS1. The van der Waals surface area contributed by atoms with Crippen LogP contribution in [-0.2, 0) is 14.3 Å². The molecule has 1 fully saturated rings. The Bertz CT molecular complexity index is 620. The van der Waals surface area contributed by atoms with Crippen LogP contribution in [0.25, 0.3) is 0 Å². The average molecular weight is 350 g/mol. The maximum atomic E-state index is 12.3. The van der Waals surface area contributed by atoms with Crippen molar-refractivity contribution in [3.05, 3.63) is 35.4 Å². The number of benzene rings is 1. The molecule has 1 aromatic carbocycles. The van der Waals surface area contributed by atoms with Gasteiger partial charge in [-0.15, -0.1) is 11.8 Å². The van der Waals surface area contributed by atoms with Crippen LogP contribution in [0.1, 0.15) is 22.3 Å². The van der Waals surface area contributed by atoms with E-state index >= 15 is 0 Å². The Labute approximate surface area is 145 Å². The Kier molecular flexibility index (Phi) is 6.66. The second-order valence-electron chi connectivity index (χ2n) is 5.54. The summed E-state index contributed by atoms with van der Waals surface area (Å²) in [7, 11) is 1.35. The Hall–Kier alpha value is -2.02. The fourth-order valence-electron chi connectivity index (χ4n) is 2.51. The molecule has 6 nitrogen and oxygen atoms in total. The highest BCUT2D eigenvalue weighted by Crippen LogP contribution is 2.20. The number of carbonyl (C=O) groups excluding carboxylic acids is 3. The van der Waals surface area contributed by atoms with Gasteiger partial charge in [-0.2, -0.15) is 0 Å². The van der Waals surface area contributed by atoms with Gasteiger partial charge >= 0.3 is 5.97 Å². The molecule has 7 heteroatoms. The van der Waals surface area contributed by atoms with Crippen molar-refractivity contribution in [3.8, 4) is 0 Å². The first-order chi connectivity index (χ1) is 11.5. The Morgan fingerprint density at radius 1 is 1.33 bits per heavy atom. The van der Waals surface area contributed by atoms with Gasteiger partial charge in [-0.1, -0.05) is 18.2 Å².